The van der Waals surface area contributed by atoms with Crippen LogP contribution in [0.3, 0.4) is 0 Å². The van der Waals surface area contributed by atoms with Gasteiger partial charge in [-0.1, -0.05) is 6.07 Å². The van der Waals surface area contributed by atoms with Gasteiger partial charge in [-0.3, -0.25) is 9.69 Å². The Bertz CT molecular complexity index is 993. The first-order valence-corrected chi connectivity index (χ1v) is 8.44. The average molecular weight is 389 g/mol. The molecule has 2 aromatic rings. The molecule has 0 spiro atoms. The van der Waals surface area contributed by atoms with Crippen LogP contribution in [0.25, 0.3) is 11.1 Å². The number of nitrogen functional groups attached to an aromatic ring is 1. The molecule has 1 saturated heterocycles. The molecule has 1 aliphatic heterocycles. The van der Waals surface area contributed by atoms with Crippen molar-refractivity contribution in [3.05, 3.63) is 45.2 Å². The zero-order valence-electron chi connectivity index (χ0n) is 14.8. The van der Waals surface area contributed by atoms with Gasteiger partial charge < -0.3 is 30.8 Å². The first-order chi connectivity index (χ1) is 13.3. The number of ether oxygens (including phenoxy) is 1. The van der Waals surface area contributed by atoms with Crippen molar-refractivity contribution in [1.82, 2.24) is 9.88 Å². The minimum atomic E-state index is -1.63. The van der Waals surface area contributed by atoms with Gasteiger partial charge >= 0.3 is 11.9 Å². The summed E-state index contributed by atoms with van der Waals surface area (Å²) in [4.78, 5) is 39.7. The van der Waals surface area contributed by atoms with Crippen LogP contribution in [0.4, 0.5) is 5.82 Å². The number of phenols is 1. The fourth-order valence-electron chi connectivity index (χ4n) is 3.22. The number of aromatic nitrogens is 1. The minimum absolute atomic E-state index is 0.0849. The smallest absolute Gasteiger partial charge is 0.342 e. The molecule has 148 valence electrons. The second kappa shape index (κ2) is 7.71. The molecule has 1 fully saturated rings. The van der Waals surface area contributed by atoms with E-state index in [1.54, 1.807) is 6.07 Å². The van der Waals surface area contributed by atoms with Crippen LogP contribution in [0.5, 0.6) is 5.75 Å². The fourth-order valence-corrected chi connectivity index (χ4v) is 3.22. The number of aromatic amines is 1. The molecule has 10 nitrogen and oxygen atoms in total. The number of morpholine rings is 1. The van der Waals surface area contributed by atoms with Crippen molar-refractivity contribution in [2.24, 2.45) is 0 Å². The van der Waals surface area contributed by atoms with Crippen LogP contribution in [-0.2, 0) is 11.3 Å². The molecule has 0 bridgehead atoms. The van der Waals surface area contributed by atoms with Gasteiger partial charge in [0.1, 0.15) is 22.7 Å². The van der Waals surface area contributed by atoms with Crippen LogP contribution >= 0.6 is 0 Å². The lowest BCUT2D eigenvalue weighted by Crippen LogP contribution is -2.35. The summed E-state index contributed by atoms with van der Waals surface area (Å²) in [5.74, 6) is -4.00. The summed E-state index contributed by atoms with van der Waals surface area (Å²) in [5.41, 5.74) is 3.39. The number of aromatic hydroxyl groups is 1. The summed E-state index contributed by atoms with van der Waals surface area (Å²) in [6.45, 7) is 3.06. The first-order valence-electron chi connectivity index (χ1n) is 8.44. The monoisotopic (exact) mass is 389 g/mol. The number of nitrogens with one attached hydrogen (secondary N) is 1. The Kier molecular flexibility index (Phi) is 5.34. The van der Waals surface area contributed by atoms with Crippen molar-refractivity contribution in [2.45, 2.75) is 6.54 Å². The maximum atomic E-state index is 12.2. The Balaban J connectivity index is 2.19. The van der Waals surface area contributed by atoms with Crippen LogP contribution in [0, 0.1) is 0 Å². The van der Waals surface area contributed by atoms with Crippen LogP contribution < -0.4 is 11.3 Å². The Hall–Kier alpha value is -3.37. The topological polar surface area (TPSA) is 166 Å². The summed E-state index contributed by atoms with van der Waals surface area (Å²) in [7, 11) is 0. The van der Waals surface area contributed by atoms with Crippen LogP contribution in [-0.4, -0.2) is 63.4 Å². The van der Waals surface area contributed by atoms with E-state index in [1.165, 1.54) is 12.1 Å². The van der Waals surface area contributed by atoms with Gasteiger partial charge in [0.15, 0.2) is 0 Å². The zero-order valence-corrected chi connectivity index (χ0v) is 14.8. The predicted octanol–water partition coefficient (Wildman–Crippen LogP) is 0.558. The molecule has 0 saturated carbocycles. The number of pyridine rings is 1. The normalized spacial score (nSPS) is 14.7. The number of nitrogens with zero attached hydrogens (tertiary/aromatic N) is 1. The molecular formula is C18H19N3O7. The Morgan fingerprint density at radius 3 is 2.39 bits per heavy atom. The molecule has 1 aromatic carbocycles. The molecule has 0 unspecified atom stereocenters. The van der Waals surface area contributed by atoms with Crippen molar-refractivity contribution in [3.8, 4) is 16.9 Å². The van der Waals surface area contributed by atoms with Gasteiger partial charge in [0, 0.05) is 30.8 Å². The highest BCUT2D eigenvalue weighted by Gasteiger charge is 2.28. The van der Waals surface area contributed by atoms with E-state index in [2.05, 4.69) is 4.90 Å². The van der Waals surface area contributed by atoms with E-state index < -0.39 is 40.0 Å². The number of aromatic carboxylic acids is 2. The third-order valence-corrected chi connectivity index (χ3v) is 4.51. The molecule has 10 heteroatoms. The highest BCUT2D eigenvalue weighted by atomic mass is 16.5. The molecule has 1 aliphatic rings. The summed E-state index contributed by atoms with van der Waals surface area (Å²) < 4.78 is 5.30. The number of nitrogens with two attached hydrogens (primary N) is 1. The lowest BCUT2D eigenvalue weighted by atomic mass is 9.93. The number of carboxylic acid groups (broad SMARTS) is 2. The van der Waals surface area contributed by atoms with E-state index in [-0.39, 0.29) is 11.3 Å². The maximum absolute atomic E-state index is 12.2. The van der Waals surface area contributed by atoms with Crippen molar-refractivity contribution in [1.29, 1.82) is 0 Å². The lowest BCUT2D eigenvalue weighted by molar-refractivity contribution is 0.0342. The molecule has 0 atom stereocenters. The van der Waals surface area contributed by atoms with Gasteiger partial charge in [-0.2, -0.15) is 0 Å². The van der Waals surface area contributed by atoms with Gasteiger partial charge in [0.25, 0.3) is 5.56 Å². The highest BCUT2D eigenvalue weighted by molar-refractivity contribution is 6.08. The van der Waals surface area contributed by atoms with Gasteiger partial charge in [0.2, 0.25) is 0 Å². The number of hydrogen-bond acceptors (Lipinski definition) is 7. The number of H-pyrrole nitrogens is 1. The standard InChI is InChI=1S/C18H19N3O7/c19-15-13(17(24)25)12(14(18(26)27)16(23)20-15)10-7-9(1-2-11(10)22)8-21-3-5-28-6-4-21/h1-2,7,22H,3-6,8H2,(H,24,25)(H,26,27)(H3,19,20,23). The molecule has 28 heavy (non-hydrogen) atoms. The molecule has 1 aromatic heterocycles. The van der Waals surface area contributed by atoms with Gasteiger partial charge in [-0.25, -0.2) is 9.59 Å². The molecular weight excluding hydrogens is 370 g/mol. The van der Waals surface area contributed by atoms with E-state index in [9.17, 15) is 29.7 Å². The van der Waals surface area contributed by atoms with Crippen molar-refractivity contribution < 1.29 is 29.6 Å². The number of rotatable bonds is 5. The number of hydrogen-bond donors (Lipinski definition) is 5. The fraction of sp³-hybridized carbons (Fsp3) is 0.278. The minimum Gasteiger partial charge on any atom is -0.507 e. The summed E-state index contributed by atoms with van der Waals surface area (Å²) >= 11 is 0. The zero-order chi connectivity index (χ0) is 20.4. The Morgan fingerprint density at radius 1 is 1.14 bits per heavy atom. The number of anilines is 1. The number of carbonyl (C=O) groups is 2. The van der Waals surface area contributed by atoms with Crippen molar-refractivity contribution in [3.63, 3.8) is 0 Å². The van der Waals surface area contributed by atoms with Gasteiger partial charge in [0.05, 0.1) is 13.2 Å². The average Bonchev–Trinajstić information content (AvgIpc) is 2.62. The maximum Gasteiger partial charge on any atom is 0.342 e. The van der Waals surface area contributed by atoms with Crippen molar-refractivity contribution >= 4 is 17.8 Å². The molecule has 0 radical (unpaired) electrons. The van der Waals surface area contributed by atoms with E-state index in [1.807, 2.05) is 4.98 Å². The second-order valence-electron chi connectivity index (χ2n) is 6.34. The SMILES string of the molecule is Nc1[nH]c(=O)c(C(=O)O)c(-c2cc(CN3CCOCC3)ccc2O)c1C(=O)O. The lowest BCUT2D eigenvalue weighted by Gasteiger charge is -2.26. The molecule has 0 amide bonds. The van der Waals surface area contributed by atoms with Gasteiger partial charge in [-0.05, 0) is 17.7 Å². The Labute approximate surface area is 158 Å². The van der Waals surface area contributed by atoms with Crippen LogP contribution in [0.1, 0.15) is 26.3 Å². The second-order valence-corrected chi connectivity index (χ2v) is 6.34. The van der Waals surface area contributed by atoms with E-state index in [4.69, 9.17) is 10.5 Å². The summed E-state index contributed by atoms with van der Waals surface area (Å²) in [6, 6.07) is 4.45. The van der Waals surface area contributed by atoms with E-state index in [0.717, 1.165) is 0 Å². The summed E-state index contributed by atoms with van der Waals surface area (Å²) in [6.07, 6.45) is 0. The number of carboxylic acids is 2. The van der Waals surface area contributed by atoms with E-state index >= 15 is 0 Å². The Morgan fingerprint density at radius 2 is 1.79 bits per heavy atom. The quantitative estimate of drug-likeness (QED) is 0.491. The molecule has 2 heterocycles. The molecule has 0 aliphatic carbocycles. The van der Waals surface area contributed by atoms with Gasteiger partial charge in [-0.15, -0.1) is 0 Å². The largest absolute Gasteiger partial charge is 0.507 e. The van der Waals surface area contributed by atoms with E-state index in [0.29, 0.717) is 38.4 Å². The predicted molar refractivity (Wildman–Crippen MR) is 98.6 cm³/mol. The number of phenolic OH excluding ortho intramolecular Hbond substituents is 1. The third kappa shape index (κ3) is 3.68. The number of benzene rings is 1. The molecule has 6 N–H and O–H groups in total. The summed E-state index contributed by atoms with van der Waals surface area (Å²) in [5, 5.41) is 29.3. The first kappa shape index (κ1) is 19.4. The van der Waals surface area contributed by atoms with Crippen molar-refractivity contribution in [2.75, 3.05) is 32.0 Å². The molecule has 3 rings (SSSR count). The third-order valence-electron chi connectivity index (χ3n) is 4.51. The highest BCUT2D eigenvalue weighted by Crippen LogP contribution is 2.36. The van der Waals surface area contributed by atoms with Crippen LogP contribution in [0.2, 0.25) is 0 Å². The van der Waals surface area contributed by atoms with Crippen LogP contribution in [0.15, 0.2) is 23.0 Å².